The van der Waals surface area contributed by atoms with Gasteiger partial charge in [-0.1, -0.05) is 43.8 Å². The second kappa shape index (κ2) is 8.76. The van der Waals surface area contributed by atoms with E-state index in [2.05, 4.69) is 44.1 Å². The predicted molar refractivity (Wildman–Crippen MR) is 101 cm³/mol. The maximum absolute atomic E-state index is 11.1. The number of aryl methyl sites for hydroxylation is 1. The molecule has 3 rings (SSSR count). The normalized spacial score (nSPS) is 11.2. The van der Waals surface area contributed by atoms with Gasteiger partial charge in [0.05, 0.1) is 11.4 Å². The largest absolute Gasteiger partial charge is 0.370 e. The fourth-order valence-corrected chi connectivity index (χ4v) is 3.46. The van der Waals surface area contributed by atoms with Crippen LogP contribution in [0, 0.1) is 5.92 Å². The molecular weight excluding hydrogens is 364 g/mol. The first-order chi connectivity index (χ1) is 13.0. The summed E-state index contributed by atoms with van der Waals surface area (Å²) in [5.41, 5.74) is 6.17. The molecule has 0 aliphatic carbocycles. The molecule has 0 radical (unpaired) electrons. The lowest BCUT2D eigenvalue weighted by atomic mass is 10.2. The first-order valence-corrected chi connectivity index (χ1v) is 9.69. The summed E-state index contributed by atoms with van der Waals surface area (Å²) in [5.74, 6) is 2.12. The van der Waals surface area contributed by atoms with Gasteiger partial charge in [0.15, 0.2) is 11.0 Å². The Morgan fingerprint density at radius 1 is 1.15 bits per heavy atom. The molecule has 142 valence electrons. The zero-order valence-electron chi connectivity index (χ0n) is 15.3. The van der Waals surface area contributed by atoms with Crippen LogP contribution in [-0.2, 0) is 23.5 Å². The minimum atomic E-state index is -0.342. The van der Waals surface area contributed by atoms with E-state index >= 15 is 0 Å². The van der Waals surface area contributed by atoms with Gasteiger partial charge in [-0.15, -0.1) is 15.3 Å². The van der Waals surface area contributed by atoms with Crippen LogP contribution >= 0.6 is 11.8 Å². The standard InChI is InChI=1S/C17H22N8OS/c1-12(2)10-24-15(9-8-14(18)26)19-21-17(24)27-11-16-20-22-23-25(16)13-6-4-3-5-7-13/h3-7,12H,8-11H2,1-2H3,(H2,18,26). The van der Waals surface area contributed by atoms with Crippen molar-refractivity contribution in [3.63, 3.8) is 0 Å². The molecule has 2 heterocycles. The quantitative estimate of drug-likeness (QED) is 0.555. The van der Waals surface area contributed by atoms with Crippen LogP contribution in [-0.4, -0.2) is 40.9 Å². The molecule has 0 bridgehead atoms. The number of amides is 1. The molecule has 0 spiro atoms. The van der Waals surface area contributed by atoms with Gasteiger partial charge in [-0.25, -0.2) is 0 Å². The summed E-state index contributed by atoms with van der Waals surface area (Å²) in [7, 11) is 0. The molecule has 9 nitrogen and oxygen atoms in total. The van der Waals surface area contributed by atoms with E-state index in [0.29, 0.717) is 18.1 Å². The lowest BCUT2D eigenvalue weighted by Gasteiger charge is -2.12. The number of nitrogens with zero attached hydrogens (tertiary/aromatic N) is 7. The summed E-state index contributed by atoms with van der Waals surface area (Å²) in [6, 6.07) is 9.74. The van der Waals surface area contributed by atoms with E-state index in [1.165, 1.54) is 11.8 Å². The van der Waals surface area contributed by atoms with Crippen molar-refractivity contribution >= 4 is 17.7 Å². The van der Waals surface area contributed by atoms with E-state index in [0.717, 1.165) is 29.0 Å². The van der Waals surface area contributed by atoms with Crippen LogP contribution in [0.4, 0.5) is 0 Å². The van der Waals surface area contributed by atoms with Crippen molar-refractivity contribution in [1.29, 1.82) is 0 Å². The fraction of sp³-hybridized carbons (Fsp3) is 0.412. The second-order valence-corrected chi connectivity index (χ2v) is 7.44. The van der Waals surface area contributed by atoms with Crippen molar-refractivity contribution in [2.24, 2.45) is 11.7 Å². The number of thioether (sulfide) groups is 1. The Morgan fingerprint density at radius 2 is 1.93 bits per heavy atom. The van der Waals surface area contributed by atoms with E-state index in [9.17, 15) is 4.79 Å². The molecule has 0 atom stereocenters. The van der Waals surface area contributed by atoms with Gasteiger partial charge in [-0.05, 0) is 28.5 Å². The molecule has 2 N–H and O–H groups in total. The molecule has 0 fully saturated rings. The number of para-hydroxylation sites is 1. The average Bonchev–Trinajstić information content (AvgIpc) is 3.25. The molecule has 2 aromatic heterocycles. The van der Waals surface area contributed by atoms with Crippen LogP contribution in [0.25, 0.3) is 5.69 Å². The lowest BCUT2D eigenvalue weighted by Crippen LogP contribution is -2.15. The summed E-state index contributed by atoms with van der Waals surface area (Å²) >= 11 is 1.52. The highest BCUT2D eigenvalue weighted by atomic mass is 32.2. The summed E-state index contributed by atoms with van der Waals surface area (Å²) < 4.78 is 3.76. The van der Waals surface area contributed by atoms with E-state index in [1.807, 2.05) is 30.3 Å². The van der Waals surface area contributed by atoms with E-state index in [4.69, 9.17) is 5.73 Å². The van der Waals surface area contributed by atoms with Gasteiger partial charge in [0.2, 0.25) is 5.91 Å². The van der Waals surface area contributed by atoms with Crippen molar-refractivity contribution in [2.75, 3.05) is 0 Å². The van der Waals surface area contributed by atoms with Gasteiger partial charge in [0.1, 0.15) is 5.82 Å². The number of nitrogens with two attached hydrogens (primary N) is 1. The third-order valence-corrected chi connectivity index (χ3v) is 4.76. The number of primary amides is 1. The topological polar surface area (TPSA) is 117 Å². The Bertz CT molecular complexity index is 889. The van der Waals surface area contributed by atoms with Crippen LogP contribution in [0.15, 0.2) is 35.5 Å². The first kappa shape index (κ1) is 19.0. The highest BCUT2D eigenvalue weighted by Crippen LogP contribution is 2.23. The van der Waals surface area contributed by atoms with Gasteiger partial charge >= 0.3 is 0 Å². The molecule has 0 unspecified atom stereocenters. The SMILES string of the molecule is CC(C)Cn1c(CCC(N)=O)nnc1SCc1nnnn1-c1ccccc1. The molecule has 10 heteroatoms. The van der Waals surface area contributed by atoms with Crippen LogP contribution in [0.5, 0.6) is 0 Å². The molecule has 0 saturated carbocycles. The Labute approximate surface area is 161 Å². The molecule has 3 aromatic rings. The van der Waals surface area contributed by atoms with E-state index in [1.54, 1.807) is 4.68 Å². The number of carbonyl (C=O) groups is 1. The van der Waals surface area contributed by atoms with Crippen molar-refractivity contribution in [2.45, 2.75) is 44.1 Å². The fourth-order valence-electron chi connectivity index (χ4n) is 2.59. The minimum Gasteiger partial charge on any atom is -0.370 e. The number of hydrogen-bond acceptors (Lipinski definition) is 7. The summed E-state index contributed by atoms with van der Waals surface area (Å²) in [5, 5.41) is 21.3. The maximum atomic E-state index is 11.1. The van der Waals surface area contributed by atoms with Crippen LogP contribution in [0.1, 0.15) is 31.9 Å². The van der Waals surface area contributed by atoms with Crippen LogP contribution in [0.3, 0.4) is 0 Å². The van der Waals surface area contributed by atoms with Crippen molar-refractivity contribution in [3.05, 3.63) is 42.0 Å². The van der Waals surface area contributed by atoms with E-state index < -0.39 is 0 Å². The smallest absolute Gasteiger partial charge is 0.217 e. The van der Waals surface area contributed by atoms with Gasteiger partial charge < -0.3 is 10.3 Å². The van der Waals surface area contributed by atoms with Crippen molar-refractivity contribution < 1.29 is 4.79 Å². The zero-order chi connectivity index (χ0) is 19.2. The molecular formula is C17H22N8OS. The maximum Gasteiger partial charge on any atom is 0.217 e. The van der Waals surface area contributed by atoms with Crippen molar-refractivity contribution in [3.8, 4) is 5.69 Å². The van der Waals surface area contributed by atoms with Crippen LogP contribution in [0.2, 0.25) is 0 Å². The molecule has 1 amide bonds. The average molecular weight is 386 g/mol. The van der Waals surface area contributed by atoms with Gasteiger partial charge in [0, 0.05) is 19.4 Å². The number of rotatable bonds is 9. The second-order valence-electron chi connectivity index (χ2n) is 6.50. The Balaban J connectivity index is 1.76. The molecule has 0 saturated heterocycles. The molecule has 27 heavy (non-hydrogen) atoms. The number of aromatic nitrogens is 7. The number of benzene rings is 1. The highest BCUT2D eigenvalue weighted by Gasteiger charge is 2.16. The van der Waals surface area contributed by atoms with E-state index in [-0.39, 0.29) is 12.3 Å². The summed E-state index contributed by atoms with van der Waals surface area (Å²) in [6.07, 6.45) is 0.741. The monoisotopic (exact) mass is 386 g/mol. The zero-order valence-corrected chi connectivity index (χ0v) is 16.1. The van der Waals surface area contributed by atoms with Gasteiger partial charge in [-0.3, -0.25) is 4.79 Å². The molecule has 0 aliphatic heterocycles. The third-order valence-electron chi connectivity index (χ3n) is 3.80. The lowest BCUT2D eigenvalue weighted by molar-refractivity contribution is -0.118. The van der Waals surface area contributed by atoms with Gasteiger partial charge in [0.25, 0.3) is 0 Å². The third kappa shape index (κ3) is 4.91. The summed E-state index contributed by atoms with van der Waals surface area (Å²) in [4.78, 5) is 11.1. The molecule has 0 aliphatic rings. The van der Waals surface area contributed by atoms with Crippen LogP contribution < -0.4 is 5.73 Å². The summed E-state index contributed by atoms with van der Waals surface area (Å²) in [6.45, 7) is 5.03. The molecule has 1 aromatic carbocycles. The first-order valence-electron chi connectivity index (χ1n) is 8.70. The highest BCUT2D eigenvalue weighted by molar-refractivity contribution is 7.98. The predicted octanol–water partition coefficient (Wildman–Crippen LogP) is 1.62. The minimum absolute atomic E-state index is 0.257. The number of carbonyl (C=O) groups excluding carboxylic acids is 1. The number of tetrazole rings is 1. The van der Waals surface area contributed by atoms with Gasteiger partial charge in [-0.2, -0.15) is 4.68 Å². The Morgan fingerprint density at radius 3 is 2.63 bits per heavy atom. The number of hydrogen-bond donors (Lipinski definition) is 1. The Hall–Kier alpha value is -2.75. The van der Waals surface area contributed by atoms with Crippen molar-refractivity contribution in [1.82, 2.24) is 35.0 Å². The Kier molecular flexibility index (Phi) is 6.17.